The fourth-order valence-electron chi connectivity index (χ4n) is 3.25. The second kappa shape index (κ2) is 10.6. The number of hydrogen-bond acceptors (Lipinski definition) is 4. The predicted molar refractivity (Wildman–Crippen MR) is 108 cm³/mol. The molecule has 1 aromatic rings. The van der Waals surface area contributed by atoms with E-state index in [1.807, 2.05) is 24.0 Å². The molecule has 1 saturated heterocycles. The van der Waals surface area contributed by atoms with Gasteiger partial charge in [0.1, 0.15) is 0 Å². The van der Waals surface area contributed by atoms with E-state index in [4.69, 9.17) is 15.2 Å². The molecule has 0 saturated carbocycles. The predicted octanol–water partition coefficient (Wildman–Crippen LogP) is 3.88. The van der Waals surface area contributed by atoms with Gasteiger partial charge in [0.05, 0.1) is 13.7 Å². The van der Waals surface area contributed by atoms with Gasteiger partial charge in [0.15, 0.2) is 11.5 Å². The number of ether oxygens (including phenoxy) is 2. The lowest BCUT2D eigenvalue weighted by Gasteiger charge is -2.38. The van der Waals surface area contributed by atoms with Crippen molar-refractivity contribution in [1.29, 1.82) is 0 Å². The third-order valence-corrected chi connectivity index (χ3v) is 4.78. The van der Waals surface area contributed by atoms with Crippen LogP contribution in [0.25, 0.3) is 0 Å². The van der Waals surface area contributed by atoms with E-state index in [-0.39, 0.29) is 30.4 Å². The molecule has 1 aromatic carbocycles. The standard InChI is InChI=1S/C20H32N2O3.ClH/c1-14(2)10-12-25-18-9-8-16(13-19(18)24-4)20(23)22-11-6-5-7-17(22)15(3)21;/h8-9,13-15,17H,5-7,10-12,21H2,1-4H3;1H. The minimum Gasteiger partial charge on any atom is -0.493 e. The maximum atomic E-state index is 13.0. The molecule has 1 heterocycles. The molecule has 0 aliphatic carbocycles. The number of hydrogen-bond donors (Lipinski definition) is 1. The van der Waals surface area contributed by atoms with E-state index in [0.29, 0.717) is 29.6 Å². The molecule has 2 atom stereocenters. The topological polar surface area (TPSA) is 64.8 Å². The number of nitrogens with two attached hydrogens (primary N) is 1. The number of likely N-dealkylation sites (tertiary alicyclic amines) is 1. The van der Waals surface area contributed by atoms with Gasteiger partial charge in [-0.15, -0.1) is 12.4 Å². The molecular formula is C20H33ClN2O3. The van der Waals surface area contributed by atoms with Gasteiger partial charge in [0.2, 0.25) is 0 Å². The summed E-state index contributed by atoms with van der Waals surface area (Å²) in [7, 11) is 1.60. The molecule has 26 heavy (non-hydrogen) atoms. The van der Waals surface area contributed by atoms with E-state index in [1.165, 1.54) is 0 Å². The molecular weight excluding hydrogens is 352 g/mol. The minimum atomic E-state index is -0.0233. The third-order valence-electron chi connectivity index (χ3n) is 4.78. The van der Waals surface area contributed by atoms with Gasteiger partial charge in [0.25, 0.3) is 5.91 Å². The van der Waals surface area contributed by atoms with Crippen molar-refractivity contribution in [3.8, 4) is 11.5 Å². The first-order valence-electron chi connectivity index (χ1n) is 9.31. The maximum Gasteiger partial charge on any atom is 0.254 e. The second-order valence-corrected chi connectivity index (χ2v) is 7.32. The Morgan fingerprint density at radius 1 is 1.27 bits per heavy atom. The Bertz CT molecular complexity index is 578. The van der Waals surface area contributed by atoms with Crippen LogP contribution >= 0.6 is 12.4 Å². The number of piperidine rings is 1. The number of methoxy groups -OCH3 is 1. The lowest BCUT2D eigenvalue weighted by atomic mass is 9.96. The second-order valence-electron chi connectivity index (χ2n) is 7.32. The van der Waals surface area contributed by atoms with E-state index in [0.717, 1.165) is 32.2 Å². The monoisotopic (exact) mass is 384 g/mol. The van der Waals surface area contributed by atoms with E-state index < -0.39 is 0 Å². The van der Waals surface area contributed by atoms with Crippen LogP contribution < -0.4 is 15.2 Å². The van der Waals surface area contributed by atoms with Gasteiger partial charge < -0.3 is 20.1 Å². The molecule has 1 fully saturated rings. The first kappa shape index (κ1) is 22.6. The van der Waals surface area contributed by atoms with Crippen molar-refractivity contribution < 1.29 is 14.3 Å². The molecule has 0 aromatic heterocycles. The van der Waals surface area contributed by atoms with Crippen molar-refractivity contribution >= 4 is 18.3 Å². The molecule has 2 N–H and O–H groups in total. The van der Waals surface area contributed by atoms with Gasteiger partial charge in [0, 0.05) is 24.2 Å². The van der Waals surface area contributed by atoms with Crippen molar-refractivity contribution in [2.45, 2.75) is 58.5 Å². The largest absolute Gasteiger partial charge is 0.493 e. The van der Waals surface area contributed by atoms with Crippen molar-refractivity contribution in [2.75, 3.05) is 20.3 Å². The van der Waals surface area contributed by atoms with Crippen LogP contribution in [0.3, 0.4) is 0 Å². The number of benzene rings is 1. The fraction of sp³-hybridized carbons (Fsp3) is 0.650. The quantitative estimate of drug-likeness (QED) is 0.774. The average Bonchev–Trinajstić information content (AvgIpc) is 2.61. The highest BCUT2D eigenvalue weighted by molar-refractivity contribution is 5.95. The van der Waals surface area contributed by atoms with Gasteiger partial charge in [-0.25, -0.2) is 0 Å². The Hall–Kier alpha value is -1.46. The zero-order valence-corrected chi connectivity index (χ0v) is 17.2. The summed E-state index contributed by atoms with van der Waals surface area (Å²) in [6, 6.07) is 5.51. The highest BCUT2D eigenvalue weighted by Crippen LogP contribution is 2.30. The summed E-state index contributed by atoms with van der Waals surface area (Å²) >= 11 is 0. The van der Waals surface area contributed by atoms with Crippen LogP contribution in [0.4, 0.5) is 0 Å². The molecule has 0 spiro atoms. The number of rotatable bonds is 7. The minimum absolute atomic E-state index is 0. The molecule has 0 bridgehead atoms. The maximum absolute atomic E-state index is 13.0. The van der Waals surface area contributed by atoms with E-state index >= 15 is 0 Å². The molecule has 2 rings (SSSR count). The molecule has 1 amide bonds. The summed E-state index contributed by atoms with van der Waals surface area (Å²) in [5.74, 6) is 1.89. The van der Waals surface area contributed by atoms with Crippen LogP contribution in [-0.2, 0) is 0 Å². The lowest BCUT2D eigenvalue weighted by molar-refractivity contribution is 0.0583. The molecule has 6 heteroatoms. The summed E-state index contributed by atoms with van der Waals surface area (Å²) < 4.78 is 11.2. The van der Waals surface area contributed by atoms with Gasteiger partial charge in [-0.05, 0) is 56.7 Å². The Morgan fingerprint density at radius 2 is 2.00 bits per heavy atom. The summed E-state index contributed by atoms with van der Waals surface area (Å²) in [6.07, 6.45) is 4.11. The summed E-state index contributed by atoms with van der Waals surface area (Å²) in [5.41, 5.74) is 6.72. The Morgan fingerprint density at radius 3 is 2.62 bits per heavy atom. The fourth-order valence-corrected chi connectivity index (χ4v) is 3.25. The van der Waals surface area contributed by atoms with Crippen LogP contribution in [0, 0.1) is 5.92 Å². The first-order chi connectivity index (χ1) is 11.9. The van der Waals surface area contributed by atoms with Crippen LogP contribution in [0.2, 0.25) is 0 Å². The van der Waals surface area contributed by atoms with Crippen LogP contribution in [0.15, 0.2) is 18.2 Å². The van der Waals surface area contributed by atoms with Crippen LogP contribution in [-0.4, -0.2) is 43.2 Å². The third kappa shape index (κ3) is 5.78. The SMILES string of the molecule is COc1cc(C(=O)N2CCCCC2C(C)N)ccc1OCCC(C)C.Cl. The highest BCUT2D eigenvalue weighted by atomic mass is 35.5. The summed E-state index contributed by atoms with van der Waals surface area (Å²) in [5, 5.41) is 0. The van der Waals surface area contributed by atoms with Gasteiger partial charge >= 0.3 is 0 Å². The van der Waals surface area contributed by atoms with Crippen molar-refractivity contribution in [3.05, 3.63) is 23.8 Å². The van der Waals surface area contributed by atoms with Gasteiger partial charge in [-0.3, -0.25) is 4.79 Å². The van der Waals surface area contributed by atoms with Crippen molar-refractivity contribution in [1.82, 2.24) is 4.90 Å². The molecule has 0 radical (unpaired) electrons. The molecule has 2 unspecified atom stereocenters. The number of halogens is 1. The number of nitrogens with zero attached hydrogens (tertiary/aromatic N) is 1. The number of carbonyl (C=O) groups is 1. The zero-order valence-electron chi connectivity index (χ0n) is 16.4. The molecule has 5 nitrogen and oxygen atoms in total. The summed E-state index contributed by atoms with van der Waals surface area (Å²) in [4.78, 5) is 14.9. The first-order valence-corrected chi connectivity index (χ1v) is 9.31. The van der Waals surface area contributed by atoms with E-state index in [1.54, 1.807) is 13.2 Å². The van der Waals surface area contributed by atoms with Crippen LogP contribution in [0.5, 0.6) is 11.5 Å². The number of carbonyl (C=O) groups excluding carboxylic acids is 1. The average molecular weight is 385 g/mol. The van der Waals surface area contributed by atoms with E-state index in [9.17, 15) is 4.79 Å². The van der Waals surface area contributed by atoms with Gasteiger partial charge in [-0.1, -0.05) is 13.8 Å². The van der Waals surface area contributed by atoms with Crippen LogP contribution in [0.1, 0.15) is 56.8 Å². The van der Waals surface area contributed by atoms with Crippen molar-refractivity contribution in [3.63, 3.8) is 0 Å². The molecule has 1 aliphatic rings. The molecule has 1 aliphatic heterocycles. The normalized spacial score (nSPS) is 18.2. The Kier molecular flexibility index (Phi) is 9.23. The zero-order chi connectivity index (χ0) is 18.4. The van der Waals surface area contributed by atoms with Crippen molar-refractivity contribution in [2.24, 2.45) is 11.7 Å². The smallest absolute Gasteiger partial charge is 0.254 e. The lowest BCUT2D eigenvalue weighted by Crippen LogP contribution is -2.51. The van der Waals surface area contributed by atoms with Gasteiger partial charge in [-0.2, -0.15) is 0 Å². The summed E-state index contributed by atoms with van der Waals surface area (Å²) in [6.45, 7) is 7.70. The Labute approximate surface area is 163 Å². The van der Waals surface area contributed by atoms with E-state index in [2.05, 4.69) is 13.8 Å². The Balaban J connectivity index is 0.00000338. The highest BCUT2D eigenvalue weighted by Gasteiger charge is 2.30. The molecule has 148 valence electrons. The number of amides is 1.